The molecule has 0 aliphatic heterocycles. The Morgan fingerprint density at radius 3 is 2.59 bits per heavy atom. The highest BCUT2D eigenvalue weighted by Crippen LogP contribution is 2.40. The van der Waals surface area contributed by atoms with E-state index in [0.29, 0.717) is 23.0 Å². The van der Waals surface area contributed by atoms with E-state index in [9.17, 15) is 17.6 Å². The SMILES string of the molecule is C[C@H](CC1CCC(c2ccnc3ccc(F)cc23)CC1)Nc1nc(Cl)nc2c(OC(F)(F)F)cccc12. The maximum absolute atomic E-state index is 13.9. The first kappa shape index (κ1) is 25.4. The summed E-state index contributed by atoms with van der Waals surface area (Å²) in [4.78, 5) is 12.6. The second-order valence-electron chi connectivity index (χ2n) is 9.60. The van der Waals surface area contributed by atoms with E-state index in [2.05, 4.69) is 25.0 Å². The van der Waals surface area contributed by atoms with Crippen LogP contribution in [0.3, 0.4) is 0 Å². The molecule has 194 valence electrons. The van der Waals surface area contributed by atoms with E-state index in [0.717, 1.165) is 48.6 Å². The number of rotatable bonds is 6. The van der Waals surface area contributed by atoms with Gasteiger partial charge >= 0.3 is 6.36 Å². The van der Waals surface area contributed by atoms with Crippen molar-refractivity contribution >= 4 is 39.2 Å². The second-order valence-corrected chi connectivity index (χ2v) is 9.94. The summed E-state index contributed by atoms with van der Waals surface area (Å²) in [6, 6.07) is 11.0. The largest absolute Gasteiger partial charge is 0.573 e. The Morgan fingerprint density at radius 2 is 1.84 bits per heavy atom. The van der Waals surface area contributed by atoms with E-state index in [1.54, 1.807) is 24.4 Å². The maximum atomic E-state index is 13.9. The number of alkyl halides is 3. The van der Waals surface area contributed by atoms with Crippen molar-refractivity contribution in [1.82, 2.24) is 15.0 Å². The molecular weight excluding hydrogens is 508 g/mol. The zero-order valence-electron chi connectivity index (χ0n) is 20.0. The molecule has 1 aliphatic rings. The zero-order valence-corrected chi connectivity index (χ0v) is 20.8. The van der Waals surface area contributed by atoms with Gasteiger partial charge in [0, 0.05) is 23.0 Å². The number of fused-ring (bicyclic) bond motifs is 2. The number of aromatic nitrogens is 3. The molecule has 1 atom stereocenters. The van der Waals surface area contributed by atoms with Crippen molar-refractivity contribution in [2.24, 2.45) is 5.92 Å². The summed E-state index contributed by atoms with van der Waals surface area (Å²) in [6.07, 6.45) is 1.83. The number of nitrogens with zero attached hydrogens (tertiary/aromatic N) is 3. The molecule has 0 radical (unpaired) electrons. The molecule has 1 fully saturated rings. The maximum Gasteiger partial charge on any atom is 0.573 e. The Labute approximate surface area is 216 Å². The lowest BCUT2D eigenvalue weighted by Crippen LogP contribution is -2.23. The standard InChI is InChI=1S/C27H25ClF4N4O/c1-15(34-25-20-3-2-4-23(37-27(30,31)32)24(20)35-26(28)36-25)13-16-5-7-17(8-6-16)19-11-12-33-22-10-9-18(29)14-21(19)22/h2-4,9-12,14-17H,5-8,13H2,1H3,(H,34,35,36)/t15-,16?,17?/m1/s1. The van der Waals surface area contributed by atoms with Crippen LogP contribution in [0.15, 0.2) is 48.7 Å². The summed E-state index contributed by atoms with van der Waals surface area (Å²) in [6.45, 7) is 2.02. The Kier molecular flexibility index (Phi) is 7.07. The number of benzene rings is 2. The monoisotopic (exact) mass is 532 g/mol. The Bertz CT molecular complexity index is 1420. The Morgan fingerprint density at radius 1 is 1.05 bits per heavy atom. The van der Waals surface area contributed by atoms with Crippen molar-refractivity contribution in [3.8, 4) is 5.75 Å². The lowest BCUT2D eigenvalue weighted by atomic mass is 9.76. The quantitative estimate of drug-likeness (QED) is 0.201. The van der Waals surface area contributed by atoms with E-state index < -0.39 is 12.1 Å². The topological polar surface area (TPSA) is 59.9 Å². The van der Waals surface area contributed by atoms with Crippen LogP contribution >= 0.6 is 11.6 Å². The molecule has 5 rings (SSSR count). The number of nitrogens with one attached hydrogen (secondary N) is 1. The first-order chi connectivity index (χ1) is 17.7. The number of hydrogen-bond acceptors (Lipinski definition) is 5. The van der Waals surface area contributed by atoms with Crippen LogP contribution in [-0.4, -0.2) is 27.4 Å². The highest BCUT2D eigenvalue weighted by atomic mass is 35.5. The fourth-order valence-corrected chi connectivity index (χ4v) is 5.58. The third-order valence-corrected chi connectivity index (χ3v) is 7.15. The molecule has 1 aliphatic carbocycles. The van der Waals surface area contributed by atoms with Crippen molar-refractivity contribution in [2.75, 3.05) is 5.32 Å². The molecule has 10 heteroatoms. The summed E-state index contributed by atoms with van der Waals surface area (Å²) >= 11 is 6.04. The van der Waals surface area contributed by atoms with E-state index >= 15 is 0 Å². The number of halogens is 5. The molecule has 5 nitrogen and oxygen atoms in total. The summed E-state index contributed by atoms with van der Waals surface area (Å²) < 4.78 is 56.5. The second kappa shape index (κ2) is 10.3. The summed E-state index contributed by atoms with van der Waals surface area (Å²) in [5.74, 6) is 0.505. The first-order valence-electron chi connectivity index (χ1n) is 12.2. The minimum absolute atomic E-state index is 0.00115. The van der Waals surface area contributed by atoms with Gasteiger partial charge in [0.1, 0.15) is 17.2 Å². The van der Waals surface area contributed by atoms with Crippen molar-refractivity contribution < 1.29 is 22.3 Å². The number of ether oxygens (including phenoxy) is 1. The number of hydrogen-bond donors (Lipinski definition) is 1. The van der Waals surface area contributed by atoms with Crippen LogP contribution < -0.4 is 10.1 Å². The van der Waals surface area contributed by atoms with E-state index in [4.69, 9.17) is 11.6 Å². The van der Waals surface area contributed by atoms with Crippen LogP contribution in [0, 0.1) is 11.7 Å². The Balaban J connectivity index is 1.26. The minimum atomic E-state index is -4.85. The molecule has 0 bridgehead atoms. The van der Waals surface area contributed by atoms with Crippen molar-refractivity contribution in [2.45, 2.75) is 57.3 Å². The molecule has 2 heterocycles. The first-order valence-corrected chi connectivity index (χ1v) is 12.6. The van der Waals surface area contributed by atoms with E-state index in [1.807, 2.05) is 13.0 Å². The third-order valence-electron chi connectivity index (χ3n) is 6.98. The molecule has 1 saturated carbocycles. The van der Waals surface area contributed by atoms with Gasteiger partial charge in [0.2, 0.25) is 5.28 Å². The normalized spacial score (nSPS) is 19.2. The van der Waals surface area contributed by atoms with Crippen LogP contribution in [-0.2, 0) is 0 Å². The van der Waals surface area contributed by atoms with Crippen molar-refractivity contribution in [3.63, 3.8) is 0 Å². The van der Waals surface area contributed by atoms with Gasteiger partial charge in [-0.25, -0.2) is 14.4 Å². The predicted octanol–water partition coefficient (Wildman–Crippen LogP) is 8.03. The van der Waals surface area contributed by atoms with Gasteiger partial charge in [-0.1, -0.05) is 6.07 Å². The predicted molar refractivity (Wildman–Crippen MR) is 135 cm³/mol. The van der Waals surface area contributed by atoms with Gasteiger partial charge in [0.05, 0.1) is 5.52 Å². The molecule has 2 aromatic heterocycles. The average Bonchev–Trinajstić information content (AvgIpc) is 2.84. The van der Waals surface area contributed by atoms with E-state index in [1.165, 1.54) is 18.2 Å². The highest BCUT2D eigenvalue weighted by Gasteiger charge is 2.32. The van der Waals surface area contributed by atoms with Gasteiger partial charge in [0.25, 0.3) is 0 Å². The lowest BCUT2D eigenvalue weighted by Gasteiger charge is -2.31. The Hall–Kier alpha value is -3.20. The van der Waals surface area contributed by atoms with Crippen molar-refractivity contribution in [1.29, 1.82) is 0 Å². The number of anilines is 1. The number of para-hydroxylation sites is 1. The zero-order chi connectivity index (χ0) is 26.2. The molecule has 2 aromatic carbocycles. The van der Waals surface area contributed by atoms with Gasteiger partial charge in [0.15, 0.2) is 5.75 Å². The summed E-state index contributed by atoms with van der Waals surface area (Å²) in [5, 5.41) is 4.43. The smallest absolute Gasteiger partial charge is 0.403 e. The lowest BCUT2D eigenvalue weighted by molar-refractivity contribution is -0.274. The number of pyridine rings is 1. The minimum Gasteiger partial charge on any atom is -0.403 e. The molecule has 0 unspecified atom stereocenters. The molecular formula is C27H25ClF4N4O. The average molecular weight is 533 g/mol. The molecule has 0 saturated heterocycles. The van der Waals surface area contributed by atoms with Crippen LogP contribution in [0.4, 0.5) is 23.4 Å². The highest BCUT2D eigenvalue weighted by molar-refractivity contribution is 6.29. The molecule has 4 aromatic rings. The van der Waals surface area contributed by atoms with Crippen LogP contribution in [0.1, 0.15) is 50.5 Å². The molecule has 0 spiro atoms. The van der Waals surface area contributed by atoms with Gasteiger partial charge < -0.3 is 10.1 Å². The third kappa shape index (κ3) is 5.87. The fraction of sp³-hybridized carbons (Fsp3) is 0.370. The molecule has 0 amide bonds. The van der Waals surface area contributed by atoms with Gasteiger partial charge in [-0.2, -0.15) is 0 Å². The van der Waals surface area contributed by atoms with E-state index in [-0.39, 0.29) is 22.7 Å². The van der Waals surface area contributed by atoms with Gasteiger partial charge in [-0.3, -0.25) is 4.98 Å². The fourth-order valence-electron chi connectivity index (χ4n) is 5.41. The van der Waals surface area contributed by atoms with Gasteiger partial charge in [-0.15, -0.1) is 13.2 Å². The van der Waals surface area contributed by atoms with Crippen LogP contribution in [0.25, 0.3) is 21.8 Å². The molecule has 37 heavy (non-hydrogen) atoms. The van der Waals surface area contributed by atoms with Crippen LogP contribution in [0.5, 0.6) is 5.75 Å². The van der Waals surface area contributed by atoms with Crippen LogP contribution in [0.2, 0.25) is 5.28 Å². The van der Waals surface area contributed by atoms with Crippen molar-refractivity contribution in [3.05, 3.63) is 65.3 Å². The van der Waals surface area contributed by atoms with Gasteiger partial charge in [-0.05, 0) is 104 Å². The summed E-state index contributed by atoms with van der Waals surface area (Å²) in [5.41, 5.74) is 1.95. The summed E-state index contributed by atoms with van der Waals surface area (Å²) in [7, 11) is 0. The molecule has 1 N–H and O–H groups in total.